The minimum absolute atomic E-state index is 0.151. The van der Waals surface area contributed by atoms with Crippen molar-refractivity contribution in [2.75, 3.05) is 17.2 Å². The highest BCUT2D eigenvalue weighted by molar-refractivity contribution is 5.56. The molecule has 0 saturated carbocycles. The average molecular weight is 426 g/mol. The molecule has 160 valence electrons. The van der Waals surface area contributed by atoms with Crippen LogP contribution in [0.2, 0.25) is 0 Å². The number of aliphatic hydroxyl groups excluding tert-OH is 1. The summed E-state index contributed by atoms with van der Waals surface area (Å²) in [6.07, 6.45) is -16.2. The molecular weight excluding hydrogens is 409 g/mol. The Hall–Kier alpha value is -2.69. The molecular formula is C18H17F7N2O2. The largest absolute Gasteiger partial charge is 0.461 e. The second-order valence-electron chi connectivity index (χ2n) is 6.14. The van der Waals surface area contributed by atoms with E-state index < -0.39 is 37.1 Å². The van der Waals surface area contributed by atoms with Crippen molar-refractivity contribution >= 4 is 11.4 Å². The molecule has 1 atom stereocenters. The van der Waals surface area contributed by atoms with Gasteiger partial charge in [0.2, 0.25) is 0 Å². The van der Waals surface area contributed by atoms with E-state index in [4.69, 9.17) is 5.73 Å². The lowest BCUT2D eigenvalue weighted by Crippen LogP contribution is -2.40. The van der Waals surface area contributed by atoms with Crippen molar-refractivity contribution in [3.63, 3.8) is 0 Å². The summed E-state index contributed by atoms with van der Waals surface area (Å²) in [7, 11) is 0. The average Bonchev–Trinajstić information content (AvgIpc) is 2.61. The van der Waals surface area contributed by atoms with Crippen molar-refractivity contribution in [2.45, 2.75) is 31.4 Å². The van der Waals surface area contributed by atoms with Crippen LogP contribution in [-0.2, 0) is 6.54 Å². The molecule has 0 radical (unpaired) electrons. The van der Waals surface area contributed by atoms with Crippen LogP contribution >= 0.6 is 0 Å². The molecule has 2 rings (SSSR count). The first-order valence-corrected chi connectivity index (χ1v) is 8.17. The van der Waals surface area contributed by atoms with Crippen molar-refractivity contribution < 1.29 is 40.6 Å². The monoisotopic (exact) mass is 426 g/mol. The number of halogens is 7. The Kier molecular flexibility index (Phi) is 6.83. The van der Waals surface area contributed by atoms with Gasteiger partial charge in [0.1, 0.15) is 5.75 Å². The van der Waals surface area contributed by atoms with Gasteiger partial charge in [-0.2, -0.15) is 30.7 Å². The zero-order valence-electron chi connectivity index (χ0n) is 14.7. The van der Waals surface area contributed by atoms with Gasteiger partial charge in [0.15, 0.2) is 6.10 Å². The number of anilines is 2. The van der Waals surface area contributed by atoms with Crippen LogP contribution in [0.5, 0.6) is 5.75 Å². The van der Waals surface area contributed by atoms with Gasteiger partial charge in [-0.25, -0.2) is 0 Å². The van der Waals surface area contributed by atoms with Crippen LogP contribution in [-0.4, -0.2) is 36.5 Å². The Labute approximate surface area is 161 Å². The quantitative estimate of drug-likeness (QED) is 0.484. The number of nitrogens with two attached hydrogens (primary N) is 1. The van der Waals surface area contributed by atoms with Gasteiger partial charge in [-0.15, -0.1) is 0 Å². The maximum absolute atomic E-state index is 12.9. The van der Waals surface area contributed by atoms with E-state index in [0.717, 1.165) is 12.1 Å². The maximum atomic E-state index is 12.9. The van der Waals surface area contributed by atoms with Gasteiger partial charge in [0, 0.05) is 17.9 Å². The maximum Gasteiger partial charge on any atom is 0.461 e. The number of nitrogen functional groups attached to an aromatic ring is 1. The number of aliphatic hydroxyl groups is 1. The molecule has 3 N–H and O–H groups in total. The molecule has 0 spiro atoms. The minimum Gasteiger partial charge on any atom is -0.428 e. The zero-order chi connectivity index (χ0) is 21.8. The summed E-state index contributed by atoms with van der Waals surface area (Å²) in [4.78, 5) is 1.19. The summed E-state index contributed by atoms with van der Waals surface area (Å²) in [6.45, 7) is -0.962. The molecule has 11 heteroatoms. The topological polar surface area (TPSA) is 58.7 Å². The lowest BCUT2D eigenvalue weighted by atomic mass is 10.1. The fraction of sp³-hybridized carbons (Fsp3) is 0.333. The summed E-state index contributed by atoms with van der Waals surface area (Å²) < 4.78 is 92.5. The van der Waals surface area contributed by atoms with Gasteiger partial charge in [0.05, 0.1) is 6.54 Å². The van der Waals surface area contributed by atoms with E-state index in [1.165, 1.54) is 41.3 Å². The molecule has 0 fully saturated rings. The first-order valence-electron chi connectivity index (χ1n) is 8.17. The smallest absolute Gasteiger partial charge is 0.428 e. The lowest BCUT2D eigenvalue weighted by Gasteiger charge is -2.28. The van der Waals surface area contributed by atoms with Crippen LogP contribution in [0.3, 0.4) is 0 Å². The second-order valence-corrected chi connectivity index (χ2v) is 6.14. The van der Waals surface area contributed by atoms with Crippen LogP contribution in [0, 0.1) is 0 Å². The third kappa shape index (κ3) is 6.41. The summed E-state index contributed by atoms with van der Waals surface area (Å²) in [5.74, 6) is -0.537. The standard InChI is InChI=1S/C18H17F7N2O2/c19-16(20)18(24,25)29-14-6-4-11(5-7-14)9-27(10-15(28)17(21,22)23)13-3-1-2-12(26)8-13/h1-8,15-16,28H,9-10,26H2. The van der Waals surface area contributed by atoms with Crippen molar-refractivity contribution in [1.82, 2.24) is 0 Å². The van der Waals surface area contributed by atoms with E-state index in [1.54, 1.807) is 0 Å². The number of nitrogens with zero attached hydrogens (tertiary/aromatic N) is 1. The van der Waals surface area contributed by atoms with Gasteiger partial charge in [-0.3, -0.25) is 0 Å². The van der Waals surface area contributed by atoms with Crippen molar-refractivity contribution in [3.05, 3.63) is 54.1 Å². The molecule has 0 bridgehead atoms. The third-order valence-electron chi connectivity index (χ3n) is 3.81. The molecule has 1 unspecified atom stereocenters. The zero-order valence-corrected chi connectivity index (χ0v) is 14.7. The van der Waals surface area contributed by atoms with Gasteiger partial charge < -0.3 is 20.5 Å². The first kappa shape index (κ1) is 22.6. The summed E-state index contributed by atoms with van der Waals surface area (Å²) in [5, 5.41) is 9.42. The molecule has 29 heavy (non-hydrogen) atoms. The van der Waals surface area contributed by atoms with E-state index >= 15 is 0 Å². The lowest BCUT2D eigenvalue weighted by molar-refractivity contribution is -0.253. The Morgan fingerprint density at radius 2 is 1.62 bits per heavy atom. The summed E-state index contributed by atoms with van der Waals surface area (Å²) in [5.41, 5.74) is 6.58. The highest BCUT2D eigenvalue weighted by Crippen LogP contribution is 2.29. The Morgan fingerprint density at radius 1 is 1.00 bits per heavy atom. The highest BCUT2D eigenvalue weighted by Gasteiger charge is 2.44. The van der Waals surface area contributed by atoms with E-state index in [0.29, 0.717) is 5.56 Å². The van der Waals surface area contributed by atoms with E-state index in [-0.39, 0.29) is 17.9 Å². The predicted octanol–water partition coefficient (Wildman–Crippen LogP) is 4.44. The van der Waals surface area contributed by atoms with Crippen LogP contribution in [0.1, 0.15) is 5.56 Å². The summed E-state index contributed by atoms with van der Waals surface area (Å²) >= 11 is 0. The van der Waals surface area contributed by atoms with Crippen molar-refractivity contribution in [2.24, 2.45) is 0 Å². The number of alkyl halides is 7. The van der Waals surface area contributed by atoms with E-state index in [2.05, 4.69) is 4.74 Å². The molecule has 4 nitrogen and oxygen atoms in total. The Bertz CT molecular complexity index is 798. The molecule has 2 aromatic carbocycles. The SMILES string of the molecule is Nc1cccc(N(Cc2ccc(OC(F)(F)C(F)F)cc2)CC(O)C(F)(F)F)c1. The van der Waals surface area contributed by atoms with Gasteiger partial charge >= 0.3 is 18.7 Å². The highest BCUT2D eigenvalue weighted by atomic mass is 19.4. The fourth-order valence-electron chi connectivity index (χ4n) is 2.38. The molecule has 0 aliphatic rings. The van der Waals surface area contributed by atoms with Crippen molar-refractivity contribution in [1.29, 1.82) is 0 Å². The number of hydrogen-bond donors (Lipinski definition) is 2. The van der Waals surface area contributed by atoms with Gasteiger partial charge in [0.25, 0.3) is 0 Å². The van der Waals surface area contributed by atoms with Crippen molar-refractivity contribution in [3.8, 4) is 5.75 Å². The molecule has 0 amide bonds. The third-order valence-corrected chi connectivity index (χ3v) is 3.81. The normalized spacial score (nSPS) is 13.4. The van der Waals surface area contributed by atoms with Crippen LogP contribution in [0.25, 0.3) is 0 Å². The Balaban J connectivity index is 2.20. The van der Waals surface area contributed by atoms with Crippen LogP contribution in [0.4, 0.5) is 42.1 Å². The molecule has 0 saturated heterocycles. The number of benzene rings is 2. The number of hydrogen-bond acceptors (Lipinski definition) is 4. The molecule has 0 aliphatic carbocycles. The second kappa shape index (κ2) is 8.76. The van der Waals surface area contributed by atoms with Gasteiger partial charge in [-0.05, 0) is 35.9 Å². The van der Waals surface area contributed by atoms with Gasteiger partial charge in [-0.1, -0.05) is 18.2 Å². The van der Waals surface area contributed by atoms with E-state index in [1.807, 2.05) is 0 Å². The molecule has 0 aliphatic heterocycles. The number of rotatable bonds is 8. The van der Waals surface area contributed by atoms with Crippen LogP contribution in [0.15, 0.2) is 48.5 Å². The summed E-state index contributed by atoms with van der Waals surface area (Å²) in [6, 6.07) is 10.4. The first-order chi connectivity index (χ1) is 13.4. The fourth-order valence-corrected chi connectivity index (χ4v) is 2.38. The predicted molar refractivity (Wildman–Crippen MR) is 92.0 cm³/mol. The Morgan fingerprint density at radius 3 is 2.14 bits per heavy atom. The molecule has 0 heterocycles. The number of ether oxygens (including phenoxy) is 1. The minimum atomic E-state index is -4.85. The molecule has 2 aromatic rings. The van der Waals surface area contributed by atoms with Crippen LogP contribution < -0.4 is 15.4 Å². The molecule has 0 aromatic heterocycles. The van der Waals surface area contributed by atoms with E-state index in [9.17, 15) is 35.8 Å².